The van der Waals surface area contributed by atoms with Crippen molar-refractivity contribution in [3.05, 3.63) is 11.4 Å². The molecule has 0 aromatic heterocycles. The SMILES string of the molecule is [C-]#[N+]C1(C(=O)[O-])CC1. The number of carbonyl (C=O) groups excluding carboxylic acids is 1. The van der Waals surface area contributed by atoms with E-state index in [4.69, 9.17) is 6.57 Å². The summed E-state index contributed by atoms with van der Waals surface area (Å²) in [7, 11) is 0. The second-order valence-corrected chi connectivity index (χ2v) is 1.93. The topological polar surface area (TPSA) is 44.5 Å². The summed E-state index contributed by atoms with van der Waals surface area (Å²) in [4.78, 5) is 12.9. The van der Waals surface area contributed by atoms with Crippen LogP contribution in [0.4, 0.5) is 0 Å². The molecule has 0 bridgehead atoms. The van der Waals surface area contributed by atoms with Crippen LogP contribution in [0.15, 0.2) is 0 Å². The maximum atomic E-state index is 9.99. The van der Waals surface area contributed by atoms with Crippen LogP contribution in [0.1, 0.15) is 12.8 Å². The number of aliphatic carboxylic acids is 1. The highest BCUT2D eigenvalue weighted by atomic mass is 16.4. The number of carboxylic acids is 1. The number of hydrogen-bond donors (Lipinski definition) is 0. The largest absolute Gasteiger partial charge is 0.542 e. The molecule has 0 unspecified atom stereocenters. The Kier molecular flexibility index (Phi) is 0.779. The van der Waals surface area contributed by atoms with Crippen molar-refractivity contribution in [2.24, 2.45) is 0 Å². The third kappa shape index (κ3) is 0.463. The van der Waals surface area contributed by atoms with E-state index in [-0.39, 0.29) is 0 Å². The highest BCUT2D eigenvalue weighted by Crippen LogP contribution is 2.38. The first-order chi connectivity index (χ1) is 3.71. The third-order valence-corrected chi connectivity index (χ3v) is 1.32. The minimum atomic E-state index is -1.22. The van der Waals surface area contributed by atoms with E-state index >= 15 is 0 Å². The van der Waals surface area contributed by atoms with E-state index in [2.05, 4.69) is 4.85 Å². The molecule has 3 nitrogen and oxygen atoms in total. The summed E-state index contributed by atoms with van der Waals surface area (Å²) in [5.41, 5.74) is -1.11. The fraction of sp³-hybridized carbons (Fsp3) is 0.600. The molecular formula is C5H4NO2-. The first kappa shape index (κ1) is 5.10. The van der Waals surface area contributed by atoms with Crippen LogP contribution in [0.2, 0.25) is 0 Å². The van der Waals surface area contributed by atoms with Crippen molar-refractivity contribution in [2.45, 2.75) is 18.4 Å². The Bertz CT molecular complexity index is 164. The number of hydrogen-bond acceptors (Lipinski definition) is 2. The van der Waals surface area contributed by atoms with Gasteiger partial charge in [0.1, 0.15) is 5.97 Å². The van der Waals surface area contributed by atoms with Crippen molar-refractivity contribution < 1.29 is 9.90 Å². The van der Waals surface area contributed by atoms with Crippen molar-refractivity contribution in [3.8, 4) is 0 Å². The Labute approximate surface area is 46.8 Å². The molecule has 1 aliphatic carbocycles. The van der Waals surface area contributed by atoms with Gasteiger partial charge < -0.3 is 14.7 Å². The van der Waals surface area contributed by atoms with Crippen LogP contribution in [0.3, 0.4) is 0 Å². The summed E-state index contributed by atoms with van der Waals surface area (Å²) < 4.78 is 0. The van der Waals surface area contributed by atoms with Crippen molar-refractivity contribution >= 4 is 5.97 Å². The molecular weight excluding hydrogens is 106 g/mol. The predicted molar refractivity (Wildman–Crippen MR) is 23.6 cm³/mol. The molecule has 0 amide bonds. The molecule has 0 aromatic carbocycles. The van der Waals surface area contributed by atoms with E-state index in [0.717, 1.165) is 0 Å². The van der Waals surface area contributed by atoms with Gasteiger partial charge in [-0.05, 0) is 0 Å². The Balaban J connectivity index is 2.71. The molecule has 0 N–H and O–H groups in total. The Hall–Kier alpha value is -1.04. The average molecular weight is 110 g/mol. The smallest absolute Gasteiger partial charge is 0.272 e. The molecule has 8 heavy (non-hydrogen) atoms. The van der Waals surface area contributed by atoms with Gasteiger partial charge in [-0.3, -0.25) is 0 Å². The summed E-state index contributed by atoms with van der Waals surface area (Å²) in [6.07, 6.45) is 0.942. The van der Waals surface area contributed by atoms with Crippen LogP contribution in [0.25, 0.3) is 4.85 Å². The summed E-state index contributed by atoms with van der Waals surface area (Å²) in [6.45, 7) is 6.40. The monoisotopic (exact) mass is 110 g/mol. The van der Waals surface area contributed by atoms with Gasteiger partial charge in [-0.1, -0.05) is 0 Å². The molecule has 3 heteroatoms. The van der Waals surface area contributed by atoms with Crippen LogP contribution >= 0.6 is 0 Å². The minimum Gasteiger partial charge on any atom is -0.542 e. The van der Waals surface area contributed by atoms with E-state index in [1.54, 1.807) is 0 Å². The van der Waals surface area contributed by atoms with Crippen LogP contribution < -0.4 is 5.11 Å². The Morgan fingerprint density at radius 3 is 2.25 bits per heavy atom. The Morgan fingerprint density at radius 1 is 1.75 bits per heavy atom. The zero-order valence-electron chi connectivity index (χ0n) is 4.18. The first-order valence-electron chi connectivity index (χ1n) is 2.31. The van der Waals surface area contributed by atoms with Gasteiger partial charge in [-0.25, -0.2) is 6.57 Å². The zero-order chi connectivity index (χ0) is 6.20. The van der Waals surface area contributed by atoms with Gasteiger partial charge in [-0.2, -0.15) is 0 Å². The van der Waals surface area contributed by atoms with Crippen molar-refractivity contribution in [1.29, 1.82) is 0 Å². The lowest BCUT2D eigenvalue weighted by Crippen LogP contribution is -2.34. The molecule has 42 valence electrons. The lowest BCUT2D eigenvalue weighted by molar-refractivity contribution is -0.307. The molecule has 0 spiro atoms. The lowest BCUT2D eigenvalue weighted by Gasteiger charge is -1.99. The molecule has 0 aromatic rings. The molecule has 1 fully saturated rings. The van der Waals surface area contributed by atoms with E-state index in [0.29, 0.717) is 12.8 Å². The van der Waals surface area contributed by atoms with Crippen molar-refractivity contribution in [1.82, 2.24) is 0 Å². The van der Waals surface area contributed by atoms with E-state index in [1.165, 1.54) is 0 Å². The molecule has 0 atom stereocenters. The summed E-state index contributed by atoms with van der Waals surface area (Å²) in [5, 5.41) is 9.99. The fourth-order valence-corrected chi connectivity index (χ4v) is 0.480. The molecule has 1 rings (SSSR count). The van der Waals surface area contributed by atoms with Crippen LogP contribution in [0, 0.1) is 6.57 Å². The van der Waals surface area contributed by atoms with Crippen LogP contribution in [-0.2, 0) is 4.79 Å². The van der Waals surface area contributed by atoms with Gasteiger partial charge >= 0.3 is 0 Å². The zero-order valence-corrected chi connectivity index (χ0v) is 4.18. The molecule has 0 aliphatic heterocycles. The van der Waals surface area contributed by atoms with Gasteiger partial charge in [0, 0.05) is 12.8 Å². The quantitative estimate of drug-likeness (QED) is 0.414. The number of rotatable bonds is 1. The second kappa shape index (κ2) is 1.22. The van der Waals surface area contributed by atoms with Gasteiger partial charge in [0.05, 0.1) is 0 Å². The van der Waals surface area contributed by atoms with Crippen LogP contribution in [0.5, 0.6) is 0 Å². The third-order valence-electron chi connectivity index (χ3n) is 1.32. The maximum Gasteiger partial charge on any atom is 0.272 e. The highest BCUT2D eigenvalue weighted by molar-refractivity contribution is 5.82. The normalized spacial score (nSPS) is 21.4. The fourth-order valence-electron chi connectivity index (χ4n) is 0.480. The molecule has 0 heterocycles. The molecule has 1 saturated carbocycles. The van der Waals surface area contributed by atoms with Crippen molar-refractivity contribution in [3.63, 3.8) is 0 Å². The second-order valence-electron chi connectivity index (χ2n) is 1.93. The van der Waals surface area contributed by atoms with E-state index in [1.807, 2.05) is 0 Å². The van der Waals surface area contributed by atoms with Gasteiger partial charge in [-0.15, -0.1) is 0 Å². The minimum absolute atomic E-state index is 0.471. The predicted octanol–water partition coefficient (Wildman–Crippen LogP) is -0.812. The summed E-state index contributed by atoms with van der Waals surface area (Å²) in [5.74, 6) is -1.22. The van der Waals surface area contributed by atoms with Crippen LogP contribution in [-0.4, -0.2) is 11.5 Å². The Morgan fingerprint density at radius 2 is 2.25 bits per heavy atom. The van der Waals surface area contributed by atoms with Crippen molar-refractivity contribution in [2.75, 3.05) is 0 Å². The number of carboxylic acid groups (broad SMARTS) is 1. The number of nitrogens with zero attached hydrogens (tertiary/aromatic N) is 1. The summed E-state index contributed by atoms with van der Waals surface area (Å²) in [6, 6.07) is 0. The van der Waals surface area contributed by atoms with Gasteiger partial charge in [0.15, 0.2) is 0 Å². The average Bonchev–Trinajstić information content (AvgIpc) is 2.44. The van der Waals surface area contributed by atoms with Gasteiger partial charge in [0.2, 0.25) is 0 Å². The van der Waals surface area contributed by atoms with Gasteiger partial charge in [0.25, 0.3) is 5.54 Å². The van der Waals surface area contributed by atoms with E-state index in [9.17, 15) is 9.90 Å². The molecule has 0 saturated heterocycles. The maximum absolute atomic E-state index is 9.99. The lowest BCUT2D eigenvalue weighted by atomic mass is 10.3. The first-order valence-corrected chi connectivity index (χ1v) is 2.31. The molecule has 1 aliphatic rings. The standard InChI is InChI=1S/C5H5NO2/c1-6-5(2-3-5)4(7)8/h2-3H2,(H,7,8)/p-1. The number of carbonyl (C=O) groups is 1. The molecule has 0 radical (unpaired) electrons. The highest BCUT2D eigenvalue weighted by Gasteiger charge is 2.52. The summed E-state index contributed by atoms with van der Waals surface area (Å²) >= 11 is 0. The van der Waals surface area contributed by atoms with E-state index < -0.39 is 11.5 Å².